The first-order valence-electron chi connectivity index (χ1n) is 5.01. The highest BCUT2D eigenvalue weighted by Gasteiger charge is 2.35. The molecule has 2 fully saturated rings. The second kappa shape index (κ2) is 3.47. The lowest BCUT2D eigenvalue weighted by Gasteiger charge is -2.38. The Morgan fingerprint density at radius 1 is 1.50 bits per heavy atom. The van der Waals surface area contributed by atoms with Gasteiger partial charge in [0, 0.05) is 18.0 Å². The average molecular weight is 219 g/mol. The molecule has 0 aromatic carbocycles. The van der Waals surface area contributed by atoms with Gasteiger partial charge in [0.1, 0.15) is 0 Å². The molecule has 2 rings (SSSR count). The minimum absolute atomic E-state index is 0.164. The quantitative estimate of drug-likeness (QED) is 0.714. The fourth-order valence-corrected chi connectivity index (χ4v) is 3.61. The fraction of sp³-hybridized carbons (Fsp3) is 1.00. The van der Waals surface area contributed by atoms with Crippen molar-refractivity contribution in [2.24, 2.45) is 5.41 Å². The molecule has 0 amide bonds. The second-order valence-electron chi connectivity index (χ2n) is 4.78. The molecule has 0 aromatic rings. The zero-order valence-electron chi connectivity index (χ0n) is 8.45. The summed E-state index contributed by atoms with van der Waals surface area (Å²) in [6, 6.07) is 0.164. The van der Waals surface area contributed by atoms with Gasteiger partial charge in [0.15, 0.2) is 9.84 Å². The molecular weight excluding hydrogens is 202 g/mol. The summed E-state index contributed by atoms with van der Waals surface area (Å²) in [5.74, 6) is 0.655. The maximum absolute atomic E-state index is 11.2. The van der Waals surface area contributed by atoms with Crippen LogP contribution in [0.2, 0.25) is 0 Å². The lowest BCUT2D eigenvalue weighted by atomic mass is 9.88. The Hall–Kier alpha value is -0.130. The van der Waals surface area contributed by atoms with E-state index in [0.29, 0.717) is 11.5 Å². The van der Waals surface area contributed by atoms with E-state index >= 15 is 0 Å². The molecule has 2 heterocycles. The van der Waals surface area contributed by atoms with Crippen LogP contribution in [0.5, 0.6) is 0 Å². The van der Waals surface area contributed by atoms with Crippen LogP contribution in [0.15, 0.2) is 0 Å². The first-order chi connectivity index (χ1) is 6.49. The van der Waals surface area contributed by atoms with Crippen LogP contribution in [0.25, 0.3) is 0 Å². The largest absolute Gasteiger partial charge is 0.380 e. The van der Waals surface area contributed by atoms with Crippen molar-refractivity contribution >= 4 is 9.84 Å². The molecular formula is C9H17NO3S. The predicted molar refractivity (Wildman–Crippen MR) is 54.0 cm³/mol. The van der Waals surface area contributed by atoms with E-state index in [9.17, 15) is 8.42 Å². The summed E-state index contributed by atoms with van der Waals surface area (Å²) in [7, 11) is -2.75. The summed E-state index contributed by atoms with van der Waals surface area (Å²) < 4.78 is 27.5. The Morgan fingerprint density at radius 3 is 2.64 bits per heavy atom. The number of hydrogen-bond acceptors (Lipinski definition) is 4. The van der Waals surface area contributed by atoms with Gasteiger partial charge < -0.3 is 10.1 Å². The molecule has 1 unspecified atom stereocenters. The topological polar surface area (TPSA) is 55.4 Å². The van der Waals surface area contributed by atoms with Crippen molar-refractivity contribution in [3.63, 3.8) is 0 Å². The van der Waals surface area contributed by atoms with E-state index in [1.165, 1.54) is 0 Å². The van der Waals surface area contributed by atoms with Crippen molar-refractivity contribution < 1.29 is 13.2 Å². The van der Waals surface area contributed by atoms with Gasteiger partial charge in [0.25, 0.3) is 0 Å². The summed E-state index contributed by atoms with van der Waals surface area (Å²) in [6.07, 6.45) is 0.763. The molecule has 5 heteroatoms. The standard InChI is InChI=1S/C9H17NO3S/c1-9(6-13-7-9)5-10-8-2-3-14(11,12)4-8/h8,10H,2-7H2,1H3. The zero-order chi connectivity index (χ0) is 10.2. The smallest absolute Gasteiger partial charge is 0.151 e. The van der Waals surface area contributed by atoms with Crippen LogP contribution in [-0.2, 0) is 14.6 Å². The van der Waals surface area contributed by atoms with Crippen LogP contribution in [0, 0.1) is 5.41 Å². The SMILES string of the molecule is CC1(CNC2CCS(=O)(=O)C2)COC1. The van der Waals surface area contributed by atoms with Crippen molar-refractivity contribution in [3.05, 3.63) is 0 Å². The maximum atomic E-state index is 11.2. The number of nitrogens with one attached hydrogen (secondary N) is 1. The first-order valence-corrected chi connectivity index (χ1v) is 6.83. The van der Waals surface area contributed by atoms with Gasteiger partial charge >= 0.3 is 0 Å². The third kappa shape index (κ3) is 2.27. The zero-order valence-corrected chi connectivity index (χ0v) is 9.27. The van der Waals surface area contributed by atoms with Crippen molar-refractivity contribution in [2.45, 2.75) is 19.4 Å². The van der Waals surface area contributed by atoms with Gasteiger partial charge in [-0.05, 0) is 6.42 Å². The second-order valence-corrected chi connectivity index (χ2v) is 7.01. The van der Waals surface area contributed by atoms with Crippen molar-refractivity contribution in [1.82, 2.24) is 5.32 Å². The van der Waals surface area contributed by atoms with Gasteiger partial charge in [-0.3, -0.25) is 0 Å². The van der Waals surface area contributed by atoms with E-state index in [2.05, 4.69) is 12.2 Å². The number of rotatable bonds is 3. The number of hydrogen-bond donors (Lipinski definition) is 1. The summed E-state index contributed by atoms with van der Waals surface area (Å²) in [5.41, 5.74) is 0.229. The van der Waals surface area contributed by atoms with Gasteiger partial charge in [-0.1, -0.05) is 6.92 Å². The van der Waals surface area contributed by atoms with Gasteiger partial charge in [0.05, 0.1) is 24.7 Å². The van der Waals surface area contributed by atoms with E-state index < -0.39 is 9.84 Å². The monoisotopic (exact) mass is 219 g/mol. The molecule has 0 radical (unpaired) electrons. The average Bonchev–Trinajstić information content (AvgIpc) is 2.39. The van der Waals surface area contributed by atoms with E-state index in [1.807, 2.05) is 0 Å². The maximum Gasteiger partial charge on any atom is 0.151 e. The molecule has 0 aromatic heterocycles. The Morgan fingerprint density at radius 2 is 2.21 bits per heavy atom. The molecule has 2 aliphatic rings. The van der Waals surface area contributed by atoms with Crippen LogP contribution in [0.1, 0.15) is 13.3 Å². The van der Waals surface area contributed by atoms with Crippen LogP contribution < -0.4 is 5.32 Å². The first kappa shape index (κ1) is 10.4. The van der Waals surface area contributed by atoms with E-state index in [4.69, 9.17) is 4.74 Å². The van der Waals surface area contributed by atoms with E-state index in [-0.39, 0.29) is 11.5 Å². The molecule has 0 spiro atoms. The van der Waals surface area contributed by atoms with E-state index in [1.54, 1.807) is 0 Å². The van der Waals surface area contributed by atoms with Gasteiger partial charge in [-0.2, -0.15) is 0 Å². The van der Waals surface area contributed by atoms with Crippen LogP contribution in [-0.4, -0.2) is 45.7 Å². The summed E-state index contributed by atoms with van der Waals surface area (Å²) in [5, 5.41) is 3.32. The number of sulfone groups is 1. The van der Waals surface area contributed by atoms with Crippen LogP contribution >= 0.6 is 0 Å². The summed E-state index contributed by atoms with van der Waals surface area (Å²) in [4.78, 5) is 0. The normalized spacial score (nSPS) is 33.9. The molecule has 2 saturated heterocycles. The Labute approximate surface area is 84.9 Å². The summed E-state index contributed by atoms with van der Waals surface area (Å²) in [6.45, 7) is 4.61. The Bertz CT molecular complexity index is 308. The minimum Gasteiger partial charge on any atom is -0.380 e. The predicted octanol–water partition coefficient (Wildman–Crippen LogP) is -0.200. The molecule has 1 atom stereocenters. The van der Waals surface area contributed by atoms with Gasteiger partial charge in [-0.15, -0.1) is 0 Å². The molecule has 4 nitrogen and oxygen atoms in total. The van der Waals surface area contributed by atoms with Crippen molar-refractivity contribution in [1.29, 1.82) is 0 Å². The molecule has 82 valence electrons. The third-order valence-corrected chi connectivity index (χ3v) is 4.72. The molecule has 0 bridgehead atoms. The highest BCUT2D eigenvalue weighted by atomic mass is 32.2. The Kier molecular flexibility index (Phi) is 2.57. The van der Waals surface area contributed by atoms with Gasteiger partial charge in [-0.25, -0.2) is 8.42 Å². The fourth-order valence-electron chi connectivity index (χ4n) is 1.90. The third-order valence-electron chi connectivity index (χ3n) is 2.95. The Balaban J connectivity index is 1.77. The highest BCUT2D eigenvalue weighted by molar-refractivity contribution is 7.91. The lowest BCUT2D eigenvalue weighted by molar-refractivity contribution is -0.0997. The molecule has 1 N–H and O–H groups in total. The van der Waals surface area contributed by atoms with Crippen LogP contribution in [0.4, 0.5) is 0 Å². The number of ether oxygens (including phenoxy) is 1. The minimum atomic E-state index is -2.75. The van der Waals surface area contributed by atoms with Crippen LogP contribution in [0.3, 0.4) is 0 Å². The molecule has 0 saturated carbocycles. The molecule has 14 heavy (non-hydrogen) atoms. The molecule has 0 aliphatic carbocycles. The van der Waals surface area contributed by atoms with E-state index in [0.717, 1.165) is 26.2 Å². The summed E-state index contributed by atoms with van der Waals surface area (Å²) >= 11 is 0. The highest BCUT2D eigenvalue weighted by Crippen LogP contribution is 2.25. The molecule has 2 aliphatic heterocycles. The lowest BCUT2D eigenvalue weighted by Crippen LogP contribution is -2.49. The van der Waals surface area contributed by atoms with Crippen molar-refractivity contribution in [2.75, 3.05) is 31.3 Å². The van der Waals surface area contributed by atoms with Gasteiger partial charge in [0.2, 0.25) is 0 Å². The van der Waals surface area contributed by atoms with Crippen molar-refractivity contribution in [3.8, 4) is 0 Å².